The molecule has 0 unspecified atom stereocenters. The van der Waals surface area contributed by atoms with Crippen LogP contribution in [0.25, 0.3) is 0 Å². The van der Waals surface area contributed by atoms with Crippen LogP contribution in [0.1, 0.15) is 30.6 Å². The van der Waals surface area contributed by atoms with E-state index < -0.39 is 10.0 Å². The number of amidine groups is 1. The first-order valence-corrected chi connectivity index (χ1v) is 10.3. The molecule has 1 aliphatic heterocycles. The van der Waals surface area contributed by atoms with Crippen molar-refractivity contribution in [2.24, 2.45) is 4.40 Å². The van der Waals surface area contributed by atoms with Gasteiger partial charge in [0, 0.05) is 22.3 Å². The second kappa shape index (κ2) is 7.20. The lowest BCUT2D eigenvalue weighted by atomic mass is 10.1. The molecule has 0 bridgehead atoms. The Bertz CT molecular complexity index is 985. The van der Waals surface area contributed by atoms with E-state index in [1.165, 1.54) is 6.07 Å². The van der Waals surface area contributed by atoms with Crippen LogP contribution in [-0.4, -0.2) is 26.7 Å². The summed E-state index contributed by atoms with van der Waals surface area (Å²) in [5.41, 5.74) is 1.45. The van der Waals surface area contributed by atoms with Gasteiger partial charge >= 0.3 is 0 Å². The lowest BCUT2D eigenvalue weighted by Gasteiger charge is -2.29. The molecule has 0 aliphatic carbocycles. The Morgan fingerprint density at radius 3 is 2.54 bits per heavy atom. The van der Waals surface area contributed by atoms with E-state index in [2.05, 4.69) is 25.6 Å². The number of hydrogen-bond donors (Lipinski definition) is 1. The van der Waals surface area contributed by atoms with Crippen LogP contribution in [0.2, 0.25) is 0 Å². The van der Waals surface area contributed by atoms with Crippen molar-refractivity contribution in [2.75, 3.05) is 16.8 Å². The van der Waals surface area contributed by atoms with E-state index in [9.17, 15) is 13.2 Å². The molecule has 0 atom stereocenters. The Morgan fingerprint density at radius 2 is 1.88 bits per heavy atom. The molecular formula is C18H18BrN3O3S. The molecular weight excluding hydrogens is 418 g/mol. The zero-order chi connectivity index (χ0) is 18.9. The van der Waals surface area contributed by atoms with Gasteiger partial charge in [0.15, 0.2) is 0 Å². The number of carbonyl (C=O) groups is 1. The van der Waals surface area contributed by atoms with Crippen LogP contribution in [0.5, 0.6) is 0 Å². The topological polar surface area (TPSA) is 78.8 Å². The van der Waals surface area contributed by atoms with Gasteiger partial charge in [0.25, 0.3) is 15.9 Å². The number of nitrogens with zero attached hydrogens (tertiary/aromatic N) is 2. The van der Waals surface area contributed by atoms with Crippen LogP contribution in [0.4, 0.5) is 11.4 Å². The smallest absolute Gasteiger partial charge is 0.286 e. The van der Waals surface area contributed by atoms with Crippen molar-refractivity contribution in [3.63, 3.8) is 0 Å². The molecule has 8 heteroatoms. The van der Waals surface area contributed by atoms with E-state index in [0.717, 1.165) is 10.9 Å². The summed E-state index contributed by atoms with van der Waals surface area (Å²) in [5.74, 6) is 0.0602. The number of anilines is 2. The Hall–Kier alpha value is -2.19. The van der Waals surface area contributed by atoms with Crippen LogP contribution < -0.4 is 10.2 Å². The Kier molecular flexibility index (Phi) is 5.15. The van der Waals surface area contributed by atoms with Gasteiger partial charge in [-0.1, -0.05) is 22.9 Å². The van der Waals surface area contributed by atoms with E-state index in [-0.39, 0.29) is 16.4 Å². The minimum absolute atomic E-state index is 0.0556. The highest BCUT2D eigenvalue weighted by atomic mass is 79.9. The van der Waals surface area contributed by atoms with Crippen molar-refractivity contribution >= 4 is 49.1 Å². The summed E-state index contributed by atoms with van der Waals surface area (Å²) in [6.07, 6.45) is 0.845. The summed E-state index contributed by atoms with van der Waals surface area (Å²) >= 11 is 3.34. The fraction of sp³-hybridized carbons (Fsp3) is 0.222. The molecule has 2 aromatic rings. The first-order chi connectivity index (χ1) is 12.3. The largest absolute Gasteiger partial charge is 0.328 e. The molecule has 0 fully saturated rings. The number of sulfonamides is 1. The zero-order valence-electron chi connectivity index (χ0n) is 14.4. The summed E-state index contributed by atoms with van der Waals surface area (Å²) in [6, 6.07) is 11.8. The van der Waals surface area contributed by atoms with Crippen molar-refractivity contribution < 1.29 is 13.2 Å². The SMILES string of the molecule is CCCN1C(C)=NS(=O)(=O)c2cc(C(=O)Nc3ccc(Br)cc3)ccc21. The number of fused-ring (bicyclic) bond motifs is 1. The quantitative estimate of drug-likeness (QED) is 0.785. The first-order valence-electron chi connectivity index (χ1n) is 8.12. The minimum atomic E-state index is -3.82. The van der Waals surface area contributed by atoms with Gasteiger partial charge in [0.2, 0.25) is 0 Å². The van der Waals surface area contributed by atoms with Gasteiger partial charge in [-0.05, 0) is 55.8 Å². The number of hydrogen-bond acceptors (Lipinski definition) is 4. The maximum absolute atomic E-state index is 12.5. The zero-order valence-corrected chi connectivity index (χ0v) is 16.8. The fourth-order valence-corrected chi connectivity index (χ4v) is 4.30. The van der Waals surface area contributed by atoms with Crippen molar-refractivity contribution in [1.82, 2.24) is 0 Å². The highest BCUT2D eigenvalue weighted by Gasteiger charge is 2.29. The standard InChI is InChI=1S/C18H18BrN3O3S/c1-3-10-22-12(2)21-26(24,25)17-11-13(4-9-16(17)22)18(23)20-15-7-5-14(19)6-8-15/h4-9,11H,3,10H2,1-2H3,(H,20,23). The van der Waals surface area contributed by atoms with Crippen molar-refractivity contribution in [2.45, 2.75) is 25.2 Å². The number of nitrogens with one attached hydrogen (secondary N) is 1. The number of amides is 1. The molecule has 1 aliphatic rings. The number of carbonyl (C=O) groups excluding carboxylic acids is 1. The summed E-state index contributed by atoms with van der Waals surface area (Å²) < 4.78 is 29.6. The molecule has 1 heterocycles. The third-order valence-corrected chi connectivity index (χ3v) is 5.90. The van der Waals surface area contributed by atoms with E-state index in [0.29, 0.717) is 23.8 Å². The number of rotatable bonds is 4. The number of benzene rings is 2. The lowest BCUT2D eigenvalue weighted by molar-refractivity contribution is 0.102. The normalized spacial score (nSPS) is 15.2. The van der Waals surface area contributed by atoms with Crippen LogP contribution >= 0.6 is 15.9 Å². The van der Waals surface area contributed by atoms with Gasteiger partial charge in [-0.2, -0.15) is 8.42 Å². The van der Waals surface area contributed by atoms with Gasteiger partial charge in [-0.25, -0.2) is 0 Å². The lowest BCUT2D eigenvalue weighted by Crippen LogP contribution is -2.34. The molecule has 1 N–H and O–H groups in total. The van der Waals surface area contributed by atoms with Crippen molar-refractivity contribution in [1.29, 1.82) is 0 Å². The van der Waals surface area contributed by atoms with E-state index in [4.69, 9.17) is 0 Å². The third kappa shape index (κ3) is 3.66. The molecule has 1 amide bonds. The summed E-state index contributed by atoms with van der Waals surface area (Å²) in [4.78, 5) is 14.4. The monoisotopic (exact) mass is 435 g/mol. The molecule has 6 nitrogen and oxygen atoms in total. The van der Waals surface area contributed by atoms with E-state index >= 15 is 0 Å². The molecule has 0 saturated carbocycles. The molecule has 2 aromatic carbocycles. The summed E-state index contributed by atoms with van der Waals surface area (Å²) in [5, 5.41) is 2.76. The predicted molar refractivity (Wildman–Crippen MR) is 106 cm³/mol. The molecule has 26 heavy (non-hydrogen) atoms. The molecule has 0 spiro atoms. The third-order valence-electron chi connectivity index (χ3n) is 3.98. The second-order valence-corrected chi connectivity index (χ2v) is 8.40. The molecule has 0 saturated heterocycles. The molecule has 0 radical (unpaired) electrons. The van der Waals surface area contributed by atoms with E-state index in [1.807, 2.05) is 24.0 Å². The maximum Gasteiger partial charge on any atom is 0.286 e. The predicted octanol–water partition coefficient (Wildman–Crippen LogP) is 4.04. The molecule has 0 aromatic heterocycles. The molecule has 136 valence electrons. The summed E-state index contributed by atoms with van der Waals surface area (Å²) in [6.45, 7) is 4.34. The van der Waals surface area contributed by atoms with Crippen LogP contribution in [-0.2, 0) is 10.0 Å². The first kappa shape index (κ1) is 18.6. The average molecular weight is 436 g/mol. The highest BCUT2D eigenvalue weighted by molar-refractivity contribution is 9.10. The second-order valence-electron chi connectivity index (χ2n) is 5.91. The Morgan fingerprint density at radius 1 is 1.19 bits per heavy atom. The fourth-order valence-electron chi connectivity index (χ4n) is 2.77. The van der Waals surface area contributed by atoms with Gasteiger partial charge in [0.05, 0.1) is 5.69 Å². The van der Waals surface area contributed by atoms with Gasteiger partial charge < -0.3 is 10.2 Å². The average Bonchev–Trinajstić information content (AvgIpc) is 2.60. The Balaban J connectivity index is 1.95. The maximum atomic E-state index is 12.5. The van der Waals surface area contributed by atoms with Crippen LogP contribution in [0.15, 0.2) is 56.2 Å². The van der Waals surface area contributed by atoms with Crippen LogP contribution in [0, 0.1) is 0 Å². The Labute approximate surface area is 161 Å². The highest BCUT2D eigenvalue weighted by Crippen LogP contribution is 2.32. The van der Waals surface area contributed by atoms with Gasteiger partial charge in [0.1, 0.15) is 10.7 Å². The van der Waals surface area contributed by atoms with Crippen LogP contribution in [0.3, 0.4) is 0 Å². The van der Waals surface area contributed by atoms with Crippen molar-refractivity contribution in [3.8, 4) is 0 Å². The molecule has 3 rings (SSSR count). The van der Waals surface area contributed by atoms with Crippen molar-refractivity contribution in [3.05, 3.63) is 52.5 Å². The summed E-state index contributed by atoms with van der Waals surface area (Å²) in [7, 11) is -3.82. The van der Waals surface area contributed by atoms with Gasteiger partial charge in [-0.15, -0.1) is 4.40 Å². The number of halogens is 1. The van der Waals surface area contributed by atoms with Gasteiger partial charge in [-0.3, -0.25) is 4.79 Å². The minimum Gasteiger partial charge on any atom is -0.328 e. The van der Waals surface area contributed by atoms with E-state index in [1.54, 1.807) is 31.2 Å².